The van der Waals surface area contributed by atoms with Gasteiger partial charge in [0.2, 0.25) is 5.78 Å². The second kappa shape index (κ2) is 7.89. The van der Waals surface area contributed by atoms with Crippen molar-refractivity contribution < 1.29 is 4.42 Å². The largest absolute Gasteiger partial charge is 0.456 e. The number of imidazole rings is 2. The molecule has 0 radical (unpaired) electrons. The quantitative estimate of drug-likeness (QED) is 0.220. The van der Waals surface area contributed by atoms with Crippen LogP contribution < -0.4 is 0 Å². The first-order chi connectivity index (χ1) is 20.8. The highest BCUT2D eigenvalue weighted by Crippen LogP contribution is 2.36. The van der Waals surface area contributed by atoms with Crippen molar-refractivity contribution in [2.45, 2.75) is 0 Å². The molecule has 5 nitrogen and oxygen atoms in total. The maximum Gasteiger partial charge on any atom is 0.220 e. The average Bonchev–Trinajstić information content (AvgIpc) is 3.77. The van der Waals surface area contributed by atoms with Crippen LogP contribution in [0.4, 0.5) is 0 Å². The fourth-order valence-corrected chi connectivity index (χ4v) is 6.84. The molecule has 0 saturated heterocycles. The number of benzene rings is 6. The lowest BCUT2D eigenvalue weighted by Crippen LogP contribution is -1.96. The van der Waals surface area contributed by atoms with Gasteiger partial charge in [-0.25, -0.2) is 4.98 Å². The molecule has 0 aliphatic heterocycles. The van der Waals surface area contributed by atoms with Gasteiger partial charge in [-0.05, 0) is 66.7 Å². The minimum Gasteiger partial charge on any atom is -0.456 e. The van der Waals surface area contributed by atoms with Crippen molar-refractivity contribution in [3.63, 3.8) is 0 Å². The van der Waals surface area contributed by atoms with E-state index in [2.05, 4.69) is 135 Å². The summed E-state index contributed by atoms with van der Waals surface area (Å²) in [6, 6.07) is 47.1. The van der Waals surface area contributed by atoms with Crippen molar-refractivity contribution in [2.24, 2.45) is 0 Å². The number of para-hydroxylation sites is 5. The van der Waals surface area contributed by atoms with Crippen LogP contribution in [0.1, 0.15) is 0 Å². The lowest BCUT2D eigenvalue weighted by atomic mass is 10.1. The molecule has 0 amide bonds. The highest BCUT2D eigenvalue weighted by atomic mass is 16.3. The van der Waals surface area contributed by atoms with E-state index in [-0.39, 0.29) is 0 Å². The molecule has 5 heteroatoms. The van der Waals surface area contributed by atoms with Gasteiger partial charge in [0.1, 0.15) is 11.2 Å². The zero-order valence-corrected chi connectivity index (χ0v) is 22.4. The van der Waals surface area contributed by atoms with Gasteiger partial charge in [-0.15, -0.1) is 0 Å². The molecule has 0 fully saturated rings. The Hall–Kier alpha value is -5.81. The van der Waals surface area contributed by atoms with Gasteiger partial charge in [-0.3, -0.25) is 8.97 Å². The molecule has 196 valence electrons. The summed E-state index contributed by atoms with van der Waals surface area (Å²) < 4.78 is 13.1. The fourth-order valence-electron chi connectivity index (χ4n) is 6.84. The number of hydrogen-bond donors (Lipinski definition) is 0. The highest BCUT2D eigenvalue weighted by Gasteiger charge is 2.20. The summed E-state index contributed by atoms with van der Waals surface area (Å²) in [4.78, 5) is 5.15. The smallest absolute Gasteiger partial charge is 0.220 e. The Morgan fingerprint density at radius 1 is 0.429 bits per heavy atom. The molecule has 10 rings (SSSR count). The molecule has 42 heavy (non-hydrogen) atoms. The van der Waals surface area contributed by atoms with Gasteiger partial charge in [0.25, 0.3) is 0 Å². The Labute approximate surface area is 239 Å². The van der Waals surface area contributed by atoms with E-state index in [1.54, 1.807) is 0 Å². The van der Waals surface area contributed by atoms with Crippen molar-refractivity contribution in [2.75, 3.05) is 0 Å². The van der Waals surface area contributed by atoms with E-state index in [0.29, 0.717) is 0 Å². The molecule has 0 atom stereocenters. The van der Waals surface area contributed by atoms with Gasteiger partial charge in [-0.1, -0.05) is 66.7 Å². The highest BCUT2D eigenvalue weighted by molar-refractivity contribution is 6.10. The molecule has 4 heterocycles. The van der Waals surface area contributed by atoms with Crippen molar-refractivity contribution >= 4 is 71.6 Å². The number of aromatic nitrogens is 4. The van der Waals surface area contributed by atoms with Gasteiger partial charge in [0.05, 0.1) is 38.8 Å². The second-order valence-corrected chi connectivity index (χ2v) is 10.9. The van der Waals surface area contributed by atoms with Gasteiger partial charge < -0.3 is 8.98 Å². The number of hydrogen-bond acceptors (Lipinski definition) is 2. The lowest BCUT2D eigenvalue weighted by Gasteiger charge is -2.10. The maximum absolute atomic E-state index is 6.14. The summed E-state index contributed by atoms with van der Waals surface area (Å²) in [6.07, 6.45) is 0. The number of nitrogens with zero attached hydrogens (tertiary/aromatic N) is 4. The zero-order valence-electron chi connectivity index (χ0n) is 22.4. The molecule has 0 bridgehead atoms. The third-order valence-electron chi connectivity index (χ3n) is 8.64. The Morgan fingerprint density at radius 3 is 1.86 bits per heavy atom. The maximum atomic E-state index is 6.14. The van der Waals surface area contributed by atoms with Crippen LogP contribution in [0.3, 0.4) is 0 Å². The van der Waals surface area contributed by atoms with Crippen LogP contribution >= 0.6 is 0 Å². The van der Waals surface area contributed by atoms with Crippen LogP contribution in [0.2, 0.25) is 0 Å². The first-order valence-corrected chi connectivity index (χ1v) is 14.2. The molecular weight excluding hydrogens is 516 g/mol. The Kier molecular flexibility index (Phi) is 4.12. The first-order valence-electron chi connectivity index (χ1n) is 14.2. The Morgan fingerprint density at radius 2 is 1.05 bits per heavy atom. The standard InChI is InChI=1S/C37H22N4O/c1-5-13-30-25(9-1)26-10-2-6-14-31(26)39(30)24-17-19-33-34(22-24)41-32-15-7-4-12-29(32)38-37(41)40(33)23-18-20-36-28(21-23)27-11-3-8-16-35(27)42-36/h1-22H. The molecular formula is C37H22N4O. The average molecular weight is 539 g/mol. The van der Waals surface area contributed by atoms with Gasteiger partial charge in [-0.2, -0.15) is 0 Å². The minimum absolute atomic E-state index is 0.884. The number of rotatable bonds is 2. The third-order valence-corrected chi connectivity index (χ3v) is 8.64. The summed E-state index contributed by atoms with van der Waals surface area (Å²) in [5.74, 6) is 0.887. The molecule has 4 aromatic heterocycles. The van der Waals surface area contributed by atoms with Gasteiger partial charge in [0, 0.05) is 27.2 Å². The van der Waals surface area contributed by atoms with E-state index in [1.165, 1.54) is 21.8 Å². The lowest BCUT2D eigenvalue weighted by molar-refractivity contribution is 0.669. The van der Waals surface area contributed by atoms with Crippen molar-refractivity contribution in [1.29, 1.82) is 0 Å². The second-order valence-electron chi connectivity index (χ2n) is 10.9. The van der Waals surface area contributed by atoms with Crippen LogP contribution in [0, 0.1) is 0 Å². The van der Waals surface area contributed by atoms with E-state index < -0.39 is 0 Å². The summed E-state index contributed by atoms with van der Waals surface area (Å²) in [5.41, 5.74) is 10.6. The summed E-state index contributed by atoms with van der Waals surface area (Å²) >= 11 is 0. The predicted molar refractivity (Wildman–Crippen MR) is 171 cm³/mol. The van der Waals surface area contributed by atoms with E-state index in [4.69, 9.17) is 9.40 Å². The van der Waals surface area contributed by atoms with E-state index in [9.17, 15) is 0 Å². The molecule has 10 aromatic rings. The van der Waals surface area contributed by atoms with E-state index in [1.807, 2.05) is 12.1 Å². The van der Waals surface area contributed by atoms with E-state index >= 15 is 0 Å². The van der Waals surface area contributed by atoms with E-state index in [0.717, 1.165) is 61.2 Å². The third kappa shape index (κ3) is 2.79. The molecule has 0 spiro atoms. The number of fused-ring (bicyclic) bond motifs is 11. The minimum atomic E-state index is 0.884. The summed E-state index contributed by atoms with van der Waals surface area (Å²) in [7, 11) is 0. The monoisotopic (exact) mass is 538 g/mol. The predicted octanol–water partition coefficient (Wildman–Crippen LogP) is 9.43. The normalized spacial score (nSPS) is 12.3. The van der Waals surface area contributed by atoms with Crippen molar-refractivity contribution in [1.82, 2.24) is 18.5 Å². The topological polar surface area (TPSA) is 40.3 Å². The zero-order chi connectivity index (χ0) is 27.4. The molecule has 0 N–H and O–H groups in total. The molecule has 6 aromatic carbocycles. The molecule has 0 aliphatic rings. The summed E-state index contributed by atoms with van der Waals surface area (Å²) in [5, 5.41) is 4.72. The Bertz CT molecular complexity index is 2650. The van der Waals surface area contributed by atoms with Crippen molar-refractivity contribution in [3.05, 3.63) is 133 Å². The summed E-state index contributed by atoms with van der Waals surface area (Å²) in [6.45, 7) is 0. The van der Waals surface area contributed by atoms with Crippen LogP contribution in [0.5, 0.6) is 0 Å². The molecule has 0 aliphatic carbocycles. The van der Waals surface area contributed by atoms with Crippen LogP contribution in [-0.4, -0.2) is 18.5 Å². The SMILES string of the molecule is c1ccc2c(c1)nc1n(-c3ccc4oc5ccccc5c4c3)c3ccc(-n4c5ccccc5c5ccccc54)cc3n21. The molecule has 0 unspecified atom stereocenters. The first kappa shape index (κ1) is 21.9. The number of furan rings is 1. The van der Waals surface area contributed by atoms with Crippen molar-refractivity contribution in [3.8, 4) is 11.4 Å². The van der Waals surface area contributed by atoms with Gasteiger partial charge >= 0.3 is 0 Å². The van der Waals surface area contributed by atoms with Crippen LogP contribution in [0.25, 0.3) is 83.0 Å². The Balaban J connectivity index is 1.32. The van der Waals surface area contributed by atoms with Crippen LogP contribution in [-0.2, 0) is 0 Å². The fraction of sp³-hybridized carbons (Fsp3) is 0. The van der Waals surface area contributed by atoms with Crippen LogP contribution in [0.15, 0.2) is 138 Å². The molecule has 0 saturated carbocycles. The van der Waals surface area contributed by atoms with Gasteiger partial charge in [0.15, 0.2) is 0 Å².